The van der Waals surface area contributed by atoms with Crippen molar-refractivity contribution in [3.8, 4) is 11.6 Å². The van der Waals surface area contributed by atoms with Crippen LogP contribution in [0.2, 0.25) is 0 Å². The van der Waals surface area contributed by atoms with Gasteiger partial charge in [-0.1, -0.05) is 30.0 Å². The van der Waals surface area contributed by atoms with Crippen molar-refractivity contribution in [2.24, 2.45) is 7.05 Å². The minimum absolute atomic E-state index is 0.0386. The van der Waals surface area contributed by atoms with Crippen LogP contribution in [0.15, 0.2) is 46.2 Å². The van der Waals surface area contributed by atoms with Crippen LogP contribution in [0.4, 0.5) is 0 Å². The highest BCUT2D eigenvalue weighted by Crippen LogP contribution is 2.23. The fourth-order valence-corrected chi connectivity index (χ4v) is 3.31. The van der Waals surface area contributed by atoms with Crippen LogP contribution in [0.25, 0.3) is 11.6 Å². The lowest BCUT2D eigenvalue weighted by molar-refractivity contribution is -0.119. The number of carbonyl (C=O) groups is 1. The molecule has 1 aromatic carbocycles. The number of aromatic nitrogens is 3. The molecule has 1 amide bonds. The number of nitrogens with zero attached hydrogens (tertiary/aromatic N) is 3. The average Bonchev–Trinajstić information content (AvgIpc) is 3.25. The molecule has 2 aromatic heterocycles. The topological polar surface area (TPSA) is 73.0 Å². The van der Waals surface area contributed by atoms with E-state index in [0.29, 0.717) is 16.7 Å². The summed E-state index contributed by atoms with van der Waals surface area (Å²) in [6.07, 6.45) is 1.60. The van der Waals surface area contributed by atoms with Gasteiger partial charge in [-0.3, -0.25) is 4.79 Å². The van der Waals surface area contributed by atoms with Gasteiger partial charge in [0.1, 0.15) is 0 Å². The Balaban J connectivity index is 1.58. The van der Waals surface area contributed by atoms with Gasteiger partial charge in [0.2, 0.25) is 5.91 Å². The maximum atomic E-state index is 12.3. The summed E-state index contributed by atoms with van der Waals surface area (Å²) >= 11 is 1.35. The molecule has 3 rings (SSSR count). The Labute approximate surface area is 157 Å². The van der Waals surface area contributed by atoms with Crippen LogP contribution in [-0.2, 0) is 11.8 Å². The number of amides is 1. The van der Waals surface area contributed by atoms with E-state index in [1.165, 1.54) is 22.9 Å². The molecule has 1 atom stereocenters. The maximum Gasteiger partial charge on any atom is 0.230 e. The van der Waals surface area contributed by atoms with Crippen molar-refractivity contribution >= 4 is 17.7 Å². The first-order valence-corrected chi connectivity index (χ1v) is 9.37. The lowest BCUT2D eigenvalue weighted by atomic mass is 10.0. The van der Waals surface area contributed by atoms with Gasteiger partial charge in [0.15, 0.2) is 16.7 Å². The van der Waals surface area contributed by atoms with Crippen molar-refractivity contribution in [1.82, 2.24) is 20.1 Å². The van der Waals surface area contributed by atoms with Crippen molar-refractivity contribution in [3.05, 3.63) is 53.3 Å². The number of hydrogen-bond acceptors (Lipinski definition) is 5. The van der Waals surface area contributed by atoms with Crippen LogP contribution in [-0.4, -0.2) is 26.4 Å². The largest absolute Gasteiger partial charge is 0.461 e. The number of hydrogen-bond donors (Lipinski definition) is 1. The summed E-state index contributed by atoms with van der Waals surface area (Å²) < 4.78 is 7.17. The summed E-state index contributed by atoms with van der Waals surface area (Å²) in [4.78, 5) is 12.3. The molecule has 1 N–H and O–H groups in total. The van der Waals surface area contributed by atoms with Gasteiger partial charge in [0.05, 0.1) is 18.1 Å². The molecule has 0 saturated heterocycles. The highest BCUT2D eigenvalue weighted by atomic mass is 32.2. The molecule has 0 aliphatic rings. The van der Waals surface area contributed by atoms with Crippen LogP contribution < -0.4 is 5.32 Å². The van der Waals surface area contributed by atoms with Crippen molar-refractivity contribution < 1.29 is 9.21 Å². The van der Waals surface area contributed by atoms with Crippen molar-refractivity contribution in [3.63, 3.8) is 0 Å². The number of furan rings is 1. The Morgan fingerprint density at radius 2 is 2.08 bits per heavy atom. The lowest BCUT2D eigenvalue weighted by Crippen LogP contribution is -2.28. The molecule has 2 heterocycles. The summed E-state index contributed by atoms with van der Waals surface area (Å²) in [5.74, 6) is 1.53. The zero-order chi connectivity index (χ0) is 18.7. The molecule has 6 nitrogen and oxygen atoms in total. The molecule has 0 radical (unpaired) electrons. The molecule has 7 heteroatoms. The molecule has 26 heavy (non-hydrogen) atoms. The first-order chi connectivity index (χ1) is 12.5. The van der Waals surface area contributed by atoms with Gasteiger partial charge in [-0.2, -0.15) is 0 Å². The Bertz CT molecular complexity index is 902. The second kappa shape index (κ2) is 7.78. The fraction of sp³-hybridized carbons (Fsp3) is 0.316. The second-order valence-corrected chi connectivity index (χ2v) is 7.21. The highest BCUT2D eigenvalue weighted by molar-refractivity contribution is 7.99. The molecule has 0 aliphatic carbocycles. The molecule has 0 spiro atoms. The molecule has 0 saturated carbocycles. The van der Waals surface area contributed by atoms with Gasteiger partial charge >= 0.3 is 0 Å². The average molecular weight is 370 g/mol. The number of nitrogens with one attached hydrogen (secondary N) is 1. The van der Waals surface area contributed by atoms with E-state index in [-0.39, 0.29) is 17.7 Å². The van der Waals surface area contributed by atoms with Crippen LogP contribution >= 0.6 is 11.8 Å². The van der Waals surface area contributed by atoms with Crippen molar-refractivity contribution in [2.75, 3.05) is 5.75 Å². The third-order valence-corrected chi connectivity index (χ3v) is 5.34. The molecular weight excluding hydrogens is 348 g/mol. The van der Waals surface area contributed by atoms with E-state index < -0.39 is 0 Å². The van der Waals surface area contributed by atoms with Crippen LogP contribution in [0.3, 0.4) is 0 Å². The first kappa shape index (κ1) is 18.3. The minimum atomic E-state index is -0.0411. The Morgan fingerprint density at radius 1 is 1.27 bits per heavy atom. The summed E-state index contributed by atoms with van der Waals surface area (Å²) in [5.41, 5.74) is 3.57. The van der Waals surface area contributed by atoms with E-state index in [9.17, 15) is 4.79 Å². The third-order valence-electron chi connectivity index (χ3n) is 4.32. The van der Waals surface area contributed by atoms with Crippen LogP contribution in [0.5, 0.6) is 0 Å². The summed E-state index contributed by atoms with van der Waals surface area (Å²) in [6, 6.07) is 9.84. The lowest BCUT2D eigenvalue weighted by Gasteiger charge is -2.15. The predicted octanol–water partition coefficient (Wildman–Crippen LogP) is 3.66. The molecule has 0 aliphatic heterocycles. The summed E-state index contributed by atoms with van der Waals surface area (Å²) in [6.45, 7) is 6.15. The SMILES string of the molecule is Cc1ccc(C(C)NC(=O)CSc2nnc(-c3ccco3)n2C)cc1C. The van der Waals surface area contributed by atoms with Crippen LogP contribution in [0.1, 0.15) is 29.7 Å². The first-order valence-electron chi connectivity index (χ1n) is 8.38. The Hall–Kier alpha value is -2.54. The molecular formula is C19H22N4O2S. The van der Waals surface area contributed by atoms with Crippen molar-refractivity contribution in [1.29, 1.82) is 0 Å². The van der Waals surface area contributed by atoms with Gasteiger partial charge in [-0.25, -0.2) is 0 Å². The molecule has 1 unspecified atom stereocenters. The maximum absolute atomic E-state index is 12.3. The van der Waals surface area contributed by atoms with E-state index in [2.05, 4.69) is 47.6 Å². The Morgan fingerprint density at radius 3 is 2.77 bits per heavy atom. The van der Waals surface area contributed by atoms with Crippen molar-refractivity contribution in [2.45, 2.75) is 32.0 Å². The second-order valence-electron chi connectivity index (χ2n) is 6.26. The van der Waals surface area contributed by atoms with Gasteiger partial charge < -0.3 is 14.3 Å². The van der Waals surface area contributed by atoms with Gasteiger partial charge in [0.25, 0.3) is 0 Å². The van der Waals surface area contributed by atoms with E-state index in [1.807, 2.05) is 24.6 Å². The normalized spacial score (nSPS) is 12.2. The third kappa shape index (κ3) is 3.99. The van der Waals surface area contributed by atoms with Gasteiger partial charge in [-0.05, 0) is 49.6 Å². The number of carbonyl (C=O) groups excluding carboxylic acids is 1. The predicted molar refractivity (Wildman–Crippen MR) is 102 cm³/mol. The zero-order valence-corrected chi connectivity index (χ0v) is 16.1. The smallest absolute Gasteiger partial charge is 0.230 e. The van der Waals surface area contributed by atoms with Gasteiger partial charge in [-0.15, -0.1) is 10.2 Å². The standard InChI is InChI=1S/C19H22N4O2S/c1-12-7-8-15(10-13(12)2)14(3)20-17(24)11-26-19-22-21-18(23(19)4)16-6-5-9-25-16/h5-10,14H,11H2,1-4H3,(H,20,24). The van der Waals surface area contributed by atoms with E-state index >= 15 is 0 Å². The molecule has 136 valence electrons. The van der Waals surface area contributed by atoms with E-state index in [4.69, 9.17) is 4.42 Å². The highest BCUT2D eigenvalue weighted by Gasteiger charge is 2.16. The fourth-order valence-electron chi connectivity index (χ4n) is 2.59. The summed E-state index contributed by atoms with van der Waals surface area (Å²) in [5, 5.41) is 12.0. The zero-order valence-electron chi connectivity index (χ0n) is 15.3. The number of thioether (sulfide) groups is 1. The van der Waals surface area contributed by atoms with E-state index in [0.717, 1.165) is 5.56 Å². The van der Waals surface area contributed by atoms with Crippen LogP contribution in [0, 0.1) is 13.8 Å². The quantitative estimate of drug-likeness (QED) is 0.670. The number of rotatable bonds is 6. The summed E-state index contributed by atoms with van der Waals surface area (Å²) in [7, 11) is 1.86. The Kier molecular flexibility index (Phi) is 5.46. The number of benzene rings is 1. The monoisotopic (exact) mass is 370 g/mol. The number of aryl methyl sites for hydroxylation is 2. The van der Waals surface area contributed by atoms with E-state index in [1.54, 1.807) is 12.3 Å². The molecule has 0 bridgehead atoms. The van der Waals surface area contributed by atoms with Gasteiger partial charge in [0, 0.05) is 7.05 Å². The minimum Gasteiger partial charge on any atom is -0.461 e. The molecule has 0 fully saturated rings. The molecule has 3 aromatic rings.